The summed E-state index contributed by atoms with van der Waals surface area (Å²) in [6.07, 6.45) is -11.1. The lowest BCUT2D eigenvalue weighted by molar-refractivity contribution is -0.141. The van der Waals surface area contributed by atoms with Crippen molar-refractivity contribution in [2.75, 3.05) is 26.3 Å². The van der Waals surface area contributed by atoms with Crippen LogP contribution in [0.1, 0.15) is 17.5 Å². The van der Waals surface area contributed by atoms with Gasteiger partial charge < -0.3 is 25.2 Å². The zero-order valence-corrected chi connectivity index (χ0v) is 18.7. The molecule has 0 unspecified atom stereocenters. The zero-order chi connectivity index (χ0) is 27.8. The number of carbonyl (C=O) groups excluding carboxylic acids is 2. The molecule has 0 saturated carbocycles. The lowest BCUT2D eigenvalue weighted by atomic mass is 10.2. The van der Waals surface area contributed by atoms with Crippen LogP contribution in [0.15, 0.2) is 36.4 Å². The number of hydrogen-bond donors (Lipinski definition) is 3. The maximum atomic E-state index is 13.2. The van der Waals surface area contributed by atoms with Crippen molar-refractivity contribution in [3.63, 3.8) is 0 Å². The van der Waals surface area contributed by atoms with Crippen LogP contribution in [0.2, 0.25) is 0 Å². The van der Waals surface area contributed by atoms with E-state index in [9.17, 15) is 49.8 Å². The first-order chi connectivity index (χ1) is 17.2. The van der Waals surface area contributed by atoms with Crippen molar-refractivity contribution in [3.8, 4) is 11.5 Å². The van der Waals surface area contributed by atoms with Crippen molar-refractivity contribution >= 4 is 11.8 Å². The molecule has 7 nitrogen and oxygen atoms in total. The second kappa shape index (κ2) is 12.6. The number of aliphatic hydroxyl groups is 1. The van der Waals surface area contributed by atoms with E-state index >= 15 is 0 Å². The summed E-state index contributed by atoms with van der Waals surface area (Å²) in [6.45, 7) is -1.82. The van der Waals surface area contributed by atoms with Gasteiger partial charge in [0.15, 0.2) is 13.2 Å². The summed E-state index contributed by atoms with van der Waals surface area (Å²) in [6, 6.07) is 3.72. The molecule has 0 aliphatic carbocycles. The molecule has 0 radical (unpaired) electrons. The second-order valence-electron chi connectivity index (χ2n) is 7.45. The van der Waals surface area contributed by atoms with E-state index < -0.39 is 72.0 Å². The standard InChI is InChI=1S/C22H20F8N2O5/c23-17-3-1-13(7-15(17)21(25,26)27)36-10-19(34)31-6-5-12(33)9-32-20(35)11-37-14-2-4-18(24)16(8-14)22(28,29)30/h1-4,7-8,12,33H,5-6,9-11H2,(H,31,34)(H,32,35)/t12-/m0/s1. The minimum atomic E-state index is -4.95. The number of benzene rings is 2. The summed E-state index contributed by atoms with van der Waals surface area (Å²) in [7, 11) is 0. The van der Waals surface area contributed by atoms with Crippen LogP contribution in [0.4, 0.5) is 35.1 Å². The van der Waals surface area contributed by atoms with Gasteiger partial charge in [-0.1, -0.05) is 0 Å². The Kier molecular flexibility index (Phi) is 10.1. The topological polar surface area (TPSA) is 96.9 Å². The van der Waals surface area contributed by atoms with Gasteiger partial charge in [-0.2, -0.15) is 26.3 Å². The summed E-state index contributed by atoms with van der Waals surface area (Å²) in [5, 5.41) is 14.4. The third kappa shape index (κ3) is 9.74. The average molecular weight is 544 g/mol. The van der Waals surface area contributed by atoms with Gasteiger partial charge in [0, 0.05) is 13.1 Å². The van der Waals surface area contributed by atoms with Crippen LogP contribution < -0.4 is 20.1 Å². The number of carbonyl (C=O) groups is 2. The first-order valence-corrected chi connectivity index (χ1v) is 10.4. The Hall–Kier alpha value is -3.62. The fourth-order valence-corrected chi connectivity index (χ4v) is 2.73. The lowest BCUT2D eigenvalue weighted by Crippen LogP contribution is -2.37. The molecule has 0 aliphatic rings. The molecule has 2 amide bonds. The minimum Gasteiger partial charge on any atom is -0.484 e. The quantitative estimate of drug-likeness (QED) is 0.377. The van der Waals surface area contributed by atoms with Crippen LogP contribution in [0.25, 0.3) is 0 Å². The van der Waals surface area contributed by atoms with Gasteiger partial charge >= 0.3 is 12.4 Å². The molecule has 15 heteroatoms. The molecule has 3 N–H and O–H groups in total. The first-order valence-electron chi connectivity index (χ1n) is 10.4. The van der Waals surface area contributed by atoms with Gasteiger partial charge in [-0.3, -0.25) is 9.59 Å². The lowest BCUT2D eigenvalue weighted by Gasteiger charge is -2.14. The SMILES string of the molecule is O=C(COc1ccc(F)c(C(F)(F)F)c1)NCC[C@H](O)CNC(=O)COc1ccc(F)c(C(F)(F)F)c1. The molecule has 2 aromatic carbocycles. The van der Waals surface area contributed by atoms with Crippen molar-refractivity contribution < 1.29 is 59.3 Å². The molecular formula is C22H20F8N2O5. The van der Waals surface area contributed by atoms with Crippen molar-refractivity contribution in [1.29, 1.82) is 0 Å². The first kappa shape index (κ1) is 29.6. The number of halogens is 8. The number of nitrogens with one attached hydrogen (secondary N) is 2. The van der Waals surface area contributed by atoms with E-state index in [2.05, 4.69) is 10.6 Å². The summed E-state index contributed by atoms with van der Waals surface area (Å²) in [5.74, 6) is -5.33. The van der Waals surface area contributed by atoms with E-state index in [0.29, 0.717) is 24.3 Å². The van der Waals surface area contributed by atoms with E-state index in [1.807, 2.05) is 0 Å². The number of alkyl halides is 6. The highest BCUT2D eigenvalue weighted by atomic mass is 19.4. The Morgan fingerprint density at radius 1 is 0.784 bits per heavy atom. The molecule has 0 saturated heterocycles. The normalized spacial score (nSPS) is 12.6. The third-order valence-corrected chi connectivity index (χ3v) is 4.56. The smallest absolute Gasteiger partial charge is 0.419 e. The molecule has 0 aromatic heterocycles. The van der Waals surface area contributed by atoms with E-state index in [4.69, 9.17) is 9.47 Å². The molecule has 2 rings (SSSR count). The van der Waals surface area contributed by atoms with E-state index in [-0.39, 0.29) is 25.3 Å². The molecule has 1 atom stereocenters. The van der Waals surface area contributed by atoms with Gasteiger partial charge in [0.2, 0.25) is 0 Å². The molecule has 0 spiro atoms. The van der Waals surface area contributed by atoms with Gasteiger partial charge in [-0.15, -0.1) is 0 Å². The highest BCUT2D eigenvalue weighted by molar-refractivity contribution is 5.78. The van der Waals surface area contributed by atoms with Crippen molar-refractivity contribution in [2.45, 2.75) is 24.9 Å². The molecule has 0 fully saturated rings. The second-order valence-corrected chi connectivity index (χ2v) is 7.45. The molecule has 0 bridgehead atoms. The highest BCUT2D eigenvalue weighted by Gasteiger charge is 2.35. The molecular weight excluding hydrogens is 524 g/mol. The summed E-state index contributed by atoms with van der Waals surface area (Å²) < 4.78 is 112. The molecule has 0 heterocycles. The van der Waals surface area contributed by atoms with Crippen molar-refractivity contribution in [2.24, 2.45) is 0 Å². The van der Waals surface area contributed by atoms with Crippen LogP contribution in [-0.2, 0) is 21.9 Å². The monoisotopic (exact) mass is 544 g/mol. The average Bonchev–Trinajstić information content (AvgIpc) is 2.80. The number of hydrogen-bond acceptors (Lipinski definition) is 5. The molecule has 2 aromatic rings. The Morgan fingerprint density at radius 2 is 1.22 bits per heavy atom. The van der Waals surface area contributed by atoms with Crippen LogP contribution in [0, 0.1) is 11.6 Å². The van der Waals surface area contributed by atoms with E-state index in [1.54, 1.807) is 0 Å². The fourth-order valence-electron chi connectivity index (χ4n) is 2.73. The Bertz CT molecular complexity index is 1090. The zero-order valence-electron chi connectivity index (χ0n) is 18.7. The summed E-state index contributed by atoms with van der Waals surface area (Å²) in [4.78, 5) is 23.5. The number of ether oxygens (including phenoxy) is 2. The van der Waals surface area contributed by atoms with E-state index in [1.165, 1.54) is 0 Å². The van der Waals surface area contributed by atoms with Crippen LogP contribution in [-0.4, -0.2) is 49.3 Å². The maximum absolute atomic E-state index is 13.2. The van der Waals surface area contributed by atoms with Crippen molar-refractivity contribution in [1.82, 2.24) is 10.6 Å². The Labute approximate surface area is 204 Å². The predicted molar refractivity (Wildman–Crippen MR) is 110 cm³/mol. The van der Waals surface area contributed by atoms with Crippen molar-refractivity contribution in [3.05, 3.63) is 59.2 Å². The van der Waals surface area contributed by atoms with Gasteiger partial charge in [-0.05, 0) is 42.8 Å². The predicted octanol–water partition coefficient (Wildman–Crippen LogP) is 3.44. The van der Waals surface area contributed by atoms with Gasteiger partial charge in [0.25, 0.3) is 11.8 Å². The highest BCUT2D eigenvalue weighted by Crippen LogP contribution is 2.34. The summed E-state index contributed by atoms with van der Waals surface area (Å²) in [5.41, 5.74) is -3.11. The summed E-state index contributed by atoms with van der Waals surface area (Å²) >= 11 is 0. The Morgan fingerprint density at radius 3 is 1.65 bits per heavy atom. The third-order valence-electron chi connectivity index (χ3n) is 4.56. The van der Waals surface area contributed by atoms with Crippen LogP contribution >= 0.6 is 0 Å². The van der Waals surface area contributed by atoms with Gasteiger partial charge in [0.1, 0.15) is 23.1 Å². The fraction of sp³-hybridized carbons (Fsp3) is 0.364. The molecule has 37 heavy (non-hydrogen) atoms. The van der Waals surface area contributed by atoms with Gasteiger partial charge in [0.05, 0.1) is 17.2 Å². The van der Waals surface area contributed by atoms with Crippen LogP contribution in [0.3, 0.4) is 0 Å². The maximum Gasteiger partial charge on any atom is 0.419 e. The van der Waals surface area contributed by atoms with E-state index in [0.717, 1.165) is 12.1 Å². The minimum absolute atomic E-state index is 0.0610. The number of rotatable bonds is 11. The Balaban J connectivity index is 1.67. The molecule has 204 valence electrons. The number of amides is 2. The largest absolute Gasteiger partial charge is 0.484 e. The van der Waals surface area contributed by atoms with Crippen LogP contribution in [0.5, 0.6) is 11.5 Å². The van der Waals surface area contributed by atoms with Gasteiger partial charge in [-0.25, -0.2) is 8.78 Å². The number of aliphatic hydroxyl groups excluding tert-OH is 1. The molecule has 0 aliphatic heterocycles.